The van der Waals surface area contributed by atoms with E-state index in [1.807, 2.05) is 72.8 Å². The predicted octanol–water partition coefficient (Wildman–Crippen LogP) is 5.34. The molecule has 0 bridgehead atoms. The van der Waals surface area contributed by atoms with Gasteiger partial charge in [0.25, 0.3) is 0 Å². The second kappa shape index (κ2) is 10.2. The molecule has 33 heavy (non-hydrogen) atoms. The van der Waals surface area contributed by atoms with E-state index in [0.717, 1.165) is 28.6 Å². The van der Waals surface area contributed by atoms with E-state index in [9.17, 15) is 0 Å². The summed E-state index contributed by atoms with van der Waals surface area (Å²) in [5.41, 5.74) is 17.1. The third-order valence-corrected chi connectivity index (χ3v) is 6.36. The Bertz CT molecular complexity index is 1040. The lowest BCUT2D eigenvalue weighted by Gasteiger charge is -2.35. The Morgan fingerprint density at radius 1 is 0.545 bits per heavy atom. The minimum atomic E-state index is -0.688. The molecule has 0 heterocycles. The molecule has 0 saturated heterocycles. The number of hydrogen-bond acceptors (Lipinski definition) is 2. The van der Waals surface area contributed by atoms with E-state index in [1.165, 1.54) is 0 Å². The van der Waals surface area contributed by atoms with Crippen molar-refractivity contribution in [2.45, 2.75) is 29.9 Å². The van der Waals surface area contributed by atoms with Crippen LogP contribution < -0.4 is 11.5 Å². The van der Waals surface area contributed by atoms with Crippen molar-refractivity contribution in [3.8, 4) is 0 Å². The SMILES string of the molecule is CC([B]C(N)(c1ccccc1)c1ccccc1)C[B]C(N)(c1ccccc1)c1ccccc1. The lowest BCUT2D eigenvalue weighted by Crippen LogP contribution is -2.47. The van der Waals surface area contributed by atoms with Crippen molar-refractivity contribution in [1.82, 2.24) is 0 Å². The van der Waals surface area contributed by atoms with E-state index in [1.54, 1.807) is 0 Å². The largest absolute Gasteiger partial charge is 0.325 e. The molecule has 0 saturated carbocycles. The zero-order valence-corrected chi connectivity index (χ0v) is 19.1. The molecule has 2 nitrogen and oxygen atoms in total. The van der Waals surface area contributed by atoms with Gasteiger partial charge >= 0.3 is 0 Å². The second-order valence-corrected chi connectivity index (χ2v) is 8.79. The molecule has 4 rings (SSSR count). The van der Waals surface area contributed by atoms with Crippen LogP contribution in [0.25, 0.3) is 0 Å². The number of benzene rings is 4. The van der Waals surface area contributed by atoms with Gasteiger partial charge in [-0.15, -0.1) is 0 Å². The third kappa shape index (κ3) is 5.13. The number of rotatable bonds is 9. The zero-order valence-electron chi connectivity index (χ0n) is 19.1. The van der Waals surface area contributed by atoms with Crippen molar-refractivity contribution in [1.29, 1.82) is 0 Å². The Labute approximate surface area is 199 Å². The molecule has 4 aromatic rings. The van der Waals surface area contributed by atoms with Crippen LogP contribution in [-0.4, -0.2) is 14.6 Å². The summed E-state index contributed by atoms with van der Waals surface area (Å²) in [4.78, 5) is 0. The van der Waals surface area contributed by atoms with Gasteiger partial charge < -0.3 is 11.5 Å². The Balaban J connectivity index is 1.59. The maximum atomic E-state index is 7.10. The molecule has 2 radical (unpaired) electrons. The quantitative estimate of drug-likeness (QED) is 0.354. The van der Waals surface area contributed by atoms with E-state index in [2.05, 4.69) is 70.0 Å². The molecule has 1 unspecified atom stereocenters. The van der Waals surface area contributed by atoms with Crippen LogP contribution in [0, 0.1) is 0 Å². The van der Waals surface area contributed by atoms with E-state index in [4.69, 9.17) is 11.5 Å². The predicted molar refractivity (Wildman–Crippen MR) is 141 cm³/mol. The molecular weight excluding hydrogens is 398 g/mol. The highest BCUT2D eigenvalue weighted by atomic mass is 14.7. The van der Waals surface area contributed by atoms with Crippen molar-refractivity contribution < 1.29 is 0 Å². The molecule has 0 aliphatic carbocycles. The van der Waals surface area contributed by atoms with Crippen molar-refractivity contribution in [2.24, 2.45) is 11.5 Å². The molecular formula is C29H30B2N2. The molecule has 0 aromatic heterocycles. The van der Waals surface area contributed by atoms with Crippen molar-refractivity contribution in [2.75, 3.05) is 0 Å². The molecule has 0 amide bonds. The van der Waals surface area contributed by atoms with Crippen LogP contribution in [0.4, 0.5) is 0 Å². The molecule has 4 aromatic carbocycles. The summed E-state index contributed by atoms with van der Waals surface area (Å²) in [6, 6.07) is 41.2. The van der Waals surface area contributed by atoms with Crippen molar-refractivity contribution in [3.05, 3.63) is 144 Å². The first-order valence-corrected chi connectivity index (χ1v) is 11.5. The lowest BCUT2D eigenvalue weighted by molar-refractivity contribution is 0.729. The standard InChI is InChI=1S/C29H30B2N2/c1-23(31-29(33,26-18-10-4-11-19-26)27-20-12-5-13-21-27)22-30-28(32,24-14-6-2-7-15-24)25-16-8-3-9-17-25/h2-21,23H,22,32-33H2,1H3. The molecule has 0 fully saturated rings. The van der Waals surface area contributed by atoms with Gasteiger partial charge in [0, 0.05) is 10.9 Å². The summed E-state index contributed by atoms with van der Waals surface area (Å²) in [5, 5.41) is 0. The molecule has 0 aliphatic heterocycles. The van der Waals surface area contributed by atoms with Gasteiger partial charge in [-0.2, -0.15) is 0 Å². The molecule has 4 heteroatoms. The average Bonchev–Trinajstić information content (AvgIpc) is 2.89. The summed E-state index contributed by atoms with van der Waals surface area (Å²) in [7, 11) is 4.49. The first kappa shape index (κ1) is 23.1. The fourth-order valence-electron chi connectivity index (χ4n) is 4.51. The summed E-state index contributed by atoms with van der Waals surface area (Å²) >= 11 is 0. The van der Waals surface area contributed by atoms with Crippen LogP contribution in [0.5, 0.6) is 0 Å². The van der Waals surface area contributed by atoms with Crippen LogP contribution in [0.3, 0.4) is 0 Å². The van der Waals surface area contributed by atoms with Gasteiger partial charge in [0.05, 0.1) is 0 Å². The van der Waals surface area contributed by atoms with Crippen LogP contribution in [0.1, 0.15) is 29.2 Å². The van der Waals surface area contributed by atoms with E-state index in [-0.39, 0.29) is 5.82 Å². The van der Waals surface area contributed by atoms with Crippen LogP contribution in [0.2, 0.25) is 12.1 Å². The van der Waals surface area contributed by atoms with Gasteiger partial charge in [-0.25, -0.2) is 0 Å². The summed E-state index contributed by atoms with van der Waals surface area (Å²) in [6.07, 6.45) is 0.791. The highest BCUT2D eigenvalue weighted by molar-refractivity contribution is 6.49. The third-order valence-electron chi connectivity index (χ3n) is 6.36. The molecule has 4 N–H and O–H groups in total. The van der Waals surface area contributed by atoms with Crippen molar-refractivity contribution in [3.63, 3.8) is 0 Å². The fraction of sp³-hybridized carbons (Fsp3) is 0.172. The highest BCUT2D eigenvalue weighted by Gasteiger charge is 2.35. The Kier molecular flexibility index (Phi) is 7.17. The first-order valence-electron chi connectivity index (χ1n) is 11.5. The average molecular weight is 428 g/mol. The van der Waals surface area contributed by atoms with Gasteiger partial charge in [-0.3, -0.25) is 0 Å². The zero-order chi connectivity index (χ0) is 23.2. The number of nitrogens with two attached hydrogens (primary N) is 2. The van der Waals surface area contributed by atoms with E-state index in [0.29, 0.717) is 0 Å². The minimum absolute atomic E-state index is 0.200. The topological polar surface area (TPSA) is 52.0 Å². The maximum absolute atomic E-state index is 7.10. The smallest absolute Gasteiger partial charge is 0.152 e. The monoisotopic (exact) mass is 428 g/mol. The molecule has 1 atom stereocenters. The van der Waals surface area contributed by atoms with Gasteiger partial charge in [0.15, 0.2) is 7.28 Å². The van der Waals surface area contributed by atoms with Crippen LogP contribution >= 0.6 is 0 Å². The number of hydrogen-bond donors (Lipinski definition) is 2. The second-order valence-electron chi connectivity index (χ2n) is 8.79. The van der Waals surface area contributed by atoms with E-state index >= 15 is 0 Å². The molecule has 0 aliphatic rings. The Morgan fingerprint density at radius 3 is 1.18 bits per heavy atom. The van der Waals surface area contributed by atoms with Gasteiger partial charge in [0.2, 0.25) is 0 Å². The molecule has 0 spiro atoms. The Morgan fingerprint density at radius 2 is 0.848 bits per heavy atom. The minimum Gasteiger partial charge on any atom is -0.325 e. The van der Waals surface area contributed by atoms with Crippen molar-refractivity contribution >= 4 is 14.6 Å². The van der Waals surface area contributed by atoms with Gasteiger partial charge in [-0.05, 0) is 22.3 Å². The Hall–Kier alpha value is -3.07. The van der Waals surface area contributed by atoms with E-state index < -0.39 is 10.9 Å². The fourth-order valence-corrected chi connectivity index (χ4v) is 4.51. The van der Waals surface area contributed by atoms with Gasteiger partial charge in [0.1, 0.15) is 7.28 Å². The van der Waals surface area contributed by atoms with Crippen LogP contribution in [-0.2, 0) is 10.9 Å². The summed E-state index contributed by atoms with van der Waals surface area (Å²) < 4.78 is 0. The van der Waals surface area contributed by atoms with Crippen LogP contribution in [0.15, 0.2) is 121 Å². The van der Waals surface area contributed by atoms with Gasteiger partial charge in [-0.1, -0.05) is 140 Å². The summed E-state index contributed by atoms with van der Waals surface area (Å²) in [6.45, 7) is 2.21. The molecule has 162 valence electrons. The lowest BCUT2D eigenvalue weighted by atomic mass is 9.40. The summed E-state index contributed by atoms with van der Waals surface area (Å²) in [5.74, 6) is 0.200. The first-order chi connectivity index (χ1) is 16.0. The normalized spacial score (nSPS) is 12.7. The highest BCUT2D eigenvalue weighted by Crippen LogP contribution is 2.33. The maximum Gasteiger partial charge on any atom is 0.152 e.